The zero-order chi connectivity index (χ0) is 11.3. The van der Waals surface area contributed by atoms with Crippen molar-refractivity contribution in [2.45, 2.75) is 11.8 Å². The van der Waals surface area contributed by atoms with Gasteiger partial charge in [0.05, 0.1) is 0 Å². The minimum atomic E-state index is -0.923. The molecule has 0 heterocycles. The summed E-state index contributed by atoms with van der Waals surface area (Å²) in [6, 6.07) is 5.81. The molecule has 0 spiro atoms. The van der Waals surface area contributed by atoms with Gasteiger partial charge in [0, 0.05) is 22.4 Å². The lowest BCUT2D eigenvalue weighted by molar-refractivity contribution is -0.131. The zero-order valence-electron chi connectivity index (χ0n) is 8.43. The molecular weight excluding hydrogens is 210 g/mol. The average molecular weight is 223 g/mol. The molecule has 80 valence electrons. The van der Waals surface area contributed by atoms with Crippen molar-refractivity contribution in [3.8, 4) is 0 Å². The van der Waals surface area contributed by atoms with Crippen LogP contribution in [0.4, 0.5) is 5.69 Å². The van der Waals surface area contributed by atoms with Crippen LogP contribution in [0, 0.1) is 6.92 Å². The lowest BCUT2D eigenvalue weighted by atomic mass is 10.2. The van der Waals surface area contributed by atoms with E-state index < -0.39 is 5.97 Å². The van der Waals surface area contributed by atoms with Crippen LogP contribution in [0.3, 0.4) is 0 Å². The molecule has 0 aromatic heterocycles. The van der Waals surface area contributed by atoms with Crippen molar-refractivity contribution >= 4 is 23.4 Å². The van der Waals surface area contributed by atoms with Gasteiger partial charge in [0.1, 0.15) is 0 Å². The summed E-state index contributed by atoms with van der Waals surface area (Å²) < 4.78 is 0. The molecule has 3 N–H and O–H groups in total. The van der Waals surface area contributed by atoms with E-state index >= 15 is 0 Å². The summed E-state index contributed by atoms with van der Waals surface area (Å²) in [6.45, 7) is 2.00. The average Bonchev–Trinajstić information content (AvgIpc) is 2.17. The van der Waals surface area contributed by atoms with Crippen LogP contribution in [0.15, 0.2) is 35.2 Å². The quantitative estimate of drug-likeness (QED) is 0.467. The number of thioether (sulfide) groups is 1. The molecular formula is C11H13NO2S. The van der Waals surface area contributed by atoms with E-state index in [4.69, 9.17) is 10.8 Å². The predicted octanol–water partition coefficient (Wildman–Crippen LogP) is 2.31. The Labute approximate surface area is 93.0 Å². The molecule has 0 atom stereocenters. The van der Waals surface area contributed by atoms with Crippen LogP contribution in [0.5, 0.6) is 0 Å². The highest BCUT2D eigenvalue weighted by Gasteiger charge is 1.98. The van der Waals surface area contributed by atoms with Crippen LogP contribution in [-0.2, 0) is 4.79 Å². The second-order valence-corrected chi connectivity index (χ2v) is 4.15. The van der Waals surface area contributed by atoms with Gasteiger partial charge in [0.15, 0.2) is 0 Å². The summed E-state index contributed by atoms with van der Waals surface area (Å²) >= 11 is 1.53. The molecule has 4 heteroatoms. The van der Waals surface area contributed by atoms with Gasteiger partial charge in [-0.15, -0.1) is 11.8 Å². The van der Waals surface area contributed by atoms with E-state index in [0.717, 1.165) is 22.2 Å². The van der Waals surface area contributed by atoms with Crippen molar-refractivity contribution in [3.63, 3.8) is 0 Å². The van der Waals surface area contributed by atoms with Crippen LogP contribution in [-0.4, -0.2) is 16.8 Å². The van der Waals surface area contributed by atoms with Crippen LogP contribution in [0.1, 0.15) is 5.56 Å². The molecule has 0 saturated heterocycles. The Balaban J connectivity index is 2.57. The Morgan fingerprint density at radius 3 is 3.00 bits per heavy atom. The van der Waals surface area contributed by atoms with E-state index in [1.165, 1.54) is 11.8 Å². The predicted molar refractivity (Wildman–Crippen MR) is 63.1 cm³/mol. The number of carbonyl (C=O) groups is 1. The summed E-state index contributed by atoms with van der Waals surface area (Å²) in [5.74, 6) is -0.312. The number of hydrogen-bond donors (Lipinski definition) is 2. The van der Waals surface area contributed by atoms with E-state index in [0.29, 0.717) is 5.75 Å². The smallest absolute Gasteiger partial charge is 0.328 e. The van der Waals surface area contributed by atoms with Gasteiger partial charge in [-0.2, -0.15) is 0 Å². The van der Waals surface area contributed by atoms with Gasteiger partial charge < -0.3 is 10.8 Å². The Bertz CT molecular complexity index is 388. The Morgan fingerprint density at radius 2 is 2.33 bits per heavy atom. The fourth-order valence-electron chi connectivity index (χ4n) is 1.05. The first kappa shape index (κ1) is 11.7. The number of carboxylic acid groups (broad SMARTS) is 1. The molecule has 0 aliphatic heterocycles. The maximum Gasteiger partial charge on any atom is 0.328 e. The zero-order valence-corrected chi connectivity index (χ0v) is 9.25. The van der Waals surface area contributed by atoms with Crippen molar-refractivity contribution in [3.05, 3.63) is 35.9 Å². The largest absolute Gasteiger partial charge is 0.478 e. The SMILES string of the molecule is Cc1ccc(N)c(SCC=CC(=O)O)c1. The monoisotopic (exact) mass is 223 g/mol. The van der Waals surface area contributed by atoms with E-state index in [-0.39, 0.29) is 0 Å². The van der Waals surface area contributed by atoms with Crippen molar-refractivity contribution in [1.29, 1.82) is 0 Å². The van der Waals surface area contributed by atoms with Crippen LogP contribution in [0.25, 0.3) is 0 Å². The molecule has 0 amide bonds. The highest BCUT2D eigenvalue weighted by atomic mass is 32.2. The first-order chi connectivity index (χ1) is 7.09. The minimum Gasteiger partial charge on any atom is -0.478 e. The van der Waals surface area contributed by atoms with E-state index in [9.17, 15) is 4.79 Å². The first-order valence-electron chi connectivity index (χ1n) is 4.48. The number of nitrogen functional groups attached to an aromatic ring is 1. The molecule has 0 radical (unpaired) electrons. The highest BCUT2D eigenvalue weighted by Crippen LogP contribution is 2.25. The summed E-state index contributed by atoms with van der Waals surface area (Å²) in [7, 11) is 0. The molecule has 1 aromatic carbocycles. The molecule has 0 unspecified atom stereocenters. The number of benzene rings is 1. The number of anilines is 1. The number of rotatable bonds is 4. The molecule has 0 saturated carbocycles. The molecule has 0 aliphatic carbocycles. The molecule has 15 heavy (non-hydrogen) atoms. The van der Waals surface area contributed by atoms with E-state index in [2.05, 4.69) is 0 Å². The van der Waals surface area contributed by atoms with E-state index in [1.807, 2.05) is 25.1 Å². The van der Waals surface area contributed by atoms with Gasteiger partial charge in [0.2, 0.25) is 0 Å². The van der Waals surface area contributed by atoms with Gasteiger partial charge >= 0.3 is 5.97 Å². The van der Waals surface area contributed by atoms with Crippen LogP contribution in [0.2, 0.25) is 0 Å². The van der Waals surface area contributed by atoms with Crippen LogP contribution < -0.4 is 5.73 Å². The Hall–Kier alpha value is -1.42. The summed E-state index contributed by atoms with van der Waals surface area (Å²) in [5, 5.41) is 8.39. The number of carboxylic acids is 1. The fourth-order valence-corrected chi connectivity index (χ4v) is 1.93. The lowest BCUT2D eigenvalue weighted by Crippen LogP contribution is -1.90. The van der Waals surface area contributed by atoms with Gasteiger partial charge in [-0.3, -0.25) is 0 Å². The molecule has 0 fully saturated rings. The third kappa shape index (κ3) is 4.08. The Kier molecular flexibility index (Phi) is 4.24. The van der Waals surface area contributed by atoms with Crippen molar-refractivity contribution < 1.29 is 9.90 Å². The number of nitrogens with two attached hydrogens (primary N) is 1. The molecule has 0 aliphatic rings. The van der Waals surface area contributed by atoms with Crippen molar-refractivity contribution in [2.75, 3.05) is 11.5 Å². The van der Waals surface area contributed by atoms with E-state index in [1.54, 1.807) is 6.08 Å². The highest BCUT2D eigenvalue weighted by molar-refractivity contribution is 7.99. The second kappa shape index (κ2) is 5.46. The summed E-state index contributed by atoms with van der Waals surface area (Å²) in [4.78, 5) is 11.2. The molecule has 0 bridgehead atoms. The number of hydrogen-bond acceptors (Lipinski definition) is 3. The summed E-state index contributed by atoms with van der Waals surface area (Å²) in [6.07, 6.45) is 2.74. The third-order valence-electron chi connectivity index (χ3n) is 1.76. The summed E-state index contributed by atoms with van der Waals surface area (Å²) in [5.41, 5.74) is 7.65. The Morgan fingerprint density at radius 1 is 1.60 bits per heavy atom. The first-order valence-corrected chi connectivity index (χ1v) is 5.46. The maximum absolute atomic E-state index is 10.2. The lowest BCUT2D eigenvalue weighted by Gasteiger charge is -2.04. The molecule has 3 nitrogen and oxygen atoms in total. The fraction of sp³-hybridized carbons (Fsp3) is 0.182. The third-order valence-corrected chi connectivity index (χ3v) is 2.79. The standard InChI is InChI=1S/C11H13NO2S/c1-8-4-5-9(12)10(7-8)15-6-2-3-11(13)14/h2-5,7H,6,12H2,1H3,(H,13,14). The van der Waals surface area contributed by atoms with Crippen molar-refractivity contribution in [1.82, 2.24) is 0 Å². The maximum atomic E-state index is 10.2. The van der Waals surface area contributed by atoms with Gasteiger partial charge in [-0.05, 0) is 24.6 Å². The van der Waals surface area contributed by atoms with Gasteiger partial charge in [-0.25, -0.2) is 4.79 Å². The minimum absolute atomic E-state index is 0.611. The number of aliphatic carboxylic acids is 1. The van der Waals surface area contributed by atoms with Gasteiger partial charge in [0.25, 0.3) is 0 Å². The van der Waals surface area contributed by atoms with Crippen LogP contribution >= 0.6 is 11.8 Å². The number of aryl methyl sites for hydroxylation is 1. The topological polar surface area (TPSA) is 63.3 Å². The molecule has 1 aromatic rings. The van der Waals surface area contributed by atoms with Crippen molar-refractivity contribution in [2.24, 2.45) is 0 Å². The second-order valence-electron chi connectivity index (χ2n) is 3.09. The van der Waals surface area contributed by atoms with Gasteiger partial charge in [-0.1, -0.05) is 12.1 Å². The normalized spacial score (nSPS) is 10.7. The molecule has 1 rings (SSSR count).